The van der Waals surface area contributed by atoms with E-state index in [1.165, 1.54) is 29.2 Å². The van der Waals surface area contributed by atoms with E-state index in [9.17, 15) is 9.18 Å². The monoisotopic (exact) mass is 624 g/mol. The second-order valence-electron chi connectivity index (χ2n) is 9.22. The van der Waals surface area contributed by atoms with E-state index < -0.39 is 5.82 Å². The molecule has 3 heterocycles. The number of rotatable bonds is 7. The summed E-state index contributed by atoms with van der Waals surface area (Å²) in [6.07, 6.45) is 0. The lowest BCUT2D eigenvalue weighted by Gasteiger charge is -2.36. The largest absolute Gasteiger partial charge is 0.367 e. The third-order valence-corrected chi connectivity index (χ3v) is 9.32. The van der Waals surface area contributed by atoms with Crippen LogP contribution in [-0.4, -0.2) is 56.7 Å². The molecule has 3 aromatic carbocycles. The molecule has 0 unspecified atom stereocenters. The molecule has 2 aromatic heterocycles. The van der Waals surface area contributed by atoms with Gasteiger partial charge in [-0.05, 0) is 36.4 Å². The third-order valence-electron chi connectivity index (χ3n) is 6.70. The number of halogens is 3. The lowest BCUT2D eigenvalue weighted by atomic mass is 10.2. The number of piperazine rings is 1. The molecule has 6 rings (SSSR count). The lowest BCUT2D eigenvalue weighted by molar-refractivity contribution is 0.0741. The van der Waals surface area contributed by atoms with Gasteiger partial charge in [0.15, 0.2) is 11.0 Å². The summed E-state index contributed by atoms with van der Waals surface area (Å²) in [6, 6.07) is 21.5. The maximum atomic E-state index is 14.9. The topological polar surface area (TPSA) is 67.2 Å². The summed E-state index contributed by atoms with van der Waals surface area (Å²) in [7, 11) is 0. The fourth-order valence-electron chi connectivity index (χ4n) is 4.65. The highest BCUT2D eigenvalue weighted by molar-refractivity contribution is 7.98. The first-order valence-corrected chi connectivity index (χ1v) is 15.4. The Hall–Kier alpha value is -3.44. The Morgan fingerprint density at radius 3 is 2.29 bits per heavy atom. The van der Waals surface area contributed by atoms with Crippen molar-refractivity contribution in [2.45, 2.75) is 10.9 Å². The van der Waals surface area contributed by atoms with Crippen LogP contribution < -0.4 is 4.90 Å². The van der Waals surface area contributed by atoms with E-state index in [1.807, 2.05) is 47.4 Å². The molecule has 41 heavy (non-hydrogen) atoms. The SMILES string of the molecule is O=C(c1csc(CSc2nnc(-c3ccccc3Cl)n2-c2ccccc2F)n1)N1CCN(c2ccccc2Cl)CC1. The van der Waals surface area contributed by atoms with Crippen LogP contribution in [0, 0.1) is 5.82 Å². The summed E-state index contributed by atoms with van der Waals surface area (Å²) < 4.78 is 16.6. The van der Waals surface area contributed by atoms with E-state index in [0.29, 0.717) is 69.9 Å². The first kappa shape index (κ1) is 27.7. The van der Waals surface area contributed by atoms with E-state index >= 15 is 0 Å². The Bertz CT molecular complexity index is 1700. The predicted molar refractivity (Wildman–Crippen MR) is 163 cm³/mol. The van der Waals surface area contributed by atoms with E-state index in [-0.39, 0.29) is 5.91 Å². The van der Waals surface area contributed by atoms with Gasteiger partial charge in [-0.25, -0.2) is 9.37 Å². The van der Waals surface area contributed by atoms with Gasteiger partial charge in [0, 0.05) is 37.1 Å². The van der Waals surface area contributed by atoms with Crippen LogP contribution in [0.1, 0.15) is 15.5 Å². The number of aromatic nitrogens is 4. The van der Waals surface area contributed by atoms with Gasteiger partial charge in [0.25, 0.3) is 5.91 Å². The van der Waals surface area contributed by atoms with Crippen molar-refractivity contribution in [3.05, 3.63) is 105 Å². The zero-order valence-electron chi connectivity index (χ0n) is 21.6. The van der Waals surface area contributed by atoms with Crippen LogP contribution in [0.3, 0.4) is 0 Å². The quantitative estimate of drug-likeness (QED) is 0.180. The molecule has 1 aliphatic heterocycles. The number of hydrogen-bond acceptors (Lipinski definition) is 7. The molecule has 208 valence electrons. The second-order valence-corrected chi connectivity index (χ2v) is 11.9. The van der Waals surface area contributed by atoms with Crippen molar-refractivity contribution >= 4 is 57.9 Å². The first-order valence-electron chi connectivity index (χ1n) is 12.8. The molecule has 12 heteroatoms. The summed E-state index contributed by atoms with van der Waals surface area (Å²) in [5.41, 5.74) is 2.37. The minimum Gasteiger partial charge on any atom is -0.367 e. The molecule has 0 bridgehead atoms. The molecule has 0 radical (unpaired) electrons. The van der Waals surface area contributed by atoms with E-state index in [4.69, 9.17) is 23.2 Å². The fourth-order valence-corrected chi connectivity index (χ4v) is 6.86. The van der Waals surface area contributed by atoms with Crippen molar-refractivity contribution in [3.8, 4) is 17.1 Å². The maximum Gasteiger partial charge on any atom is 0.273 e. The Kier molecular flexibility index (Phi) is 8.25. The van der Waals surface area contributed by atoms with Crippen molar-refractivity contribution in [1.82, 2.24) is 24.6 Å². The van der Waals surface area contributed by atoms with Gasteiger partial charge >= 0.3 is 0 Å². The number of nitrogens with zero attached hydrogens (tertiary/aromatic N) is 6. The van der Waals surface area contributed by atoms with E-state index in [1.54, 1.807) is 34.2 Å². The van der Waals surface area contributed by atoms with Gasteiger partial charge in [-0.3, -0.25) is 9.36 Å². The average Bonchev–Trinajstić information content (AvgIpc) is 3.64. The number of thioether (sulfide) groups is 1. The number of hydrogen-bond donors (Lipinski definition) is 0. The molecule has 0 atom stereocenters. The summed E-state index contributed by atoms with van der Waals surface area (Å²) in [5, 5.41) is 12.9. The first-order chi connectivity index (χ1) is 20.0. The predicted octanol–water partition coefficient (Wildman–Crippen LogP) is 7.09. The molecule has 0 N–H and O–H groups in total. The molecule has 0 aliphatic carbocycles. The summed E-state index contributed by atoms with van der Waals surface area (Å²) in [6.45, 7) is 2.56. The van der Waals surface area contributed by atoms with Crippen LogP contribution in [0.2, 0.25) is 10.0 Å². The van der Waals surface area contributed by atoms with Gasteiger partial charge in [0.2, 0.25) is 0 Å². The molecule has 0 saturated carbocycles. The molecule has 1 amide bonds. The summed E-state index contributed by atoms with van der Waals surface area (Å²) >= 11 is 15.6. The van der Waals surface area contributed by atoms with Crippen LogP contribution in [0.4, 0.5) is 10.1 Å². The number of para-hydroxylation sites is 2. The summed E-state index contributed by atoms with van der Waals surface area (Å²) in [4.78, 5) is 21.8. The number of amides is 1. The number of benzene rings is 3. The van der Waals surface area contributed by atoms with E-state index in [0.717, 1.165) is 10.7 Å². The number of carbonyl (C=O) groups excluding carboxylic acids is 1. The molecule has 7 nitrogen and oxygen atoms in total. The molecule has 1 fully saturated rings. The molecule has 0 spiro atoms. The zero-order valence-corrected chi connectivity index (χ0v) is 24.7. The van der Waals surface area contributed by atoms with Crippen molar-refractivity contribution in [1.29, 1.82) is 0 Å². The van der Waals surface area contributed by atoms with Crippen molar-refractivity contribution in [2.24, 2.45) is 0 Å². The molecular weight excluding hydrogens is 602 g/mol. The van der Waals surface area contributed by atoms with Gasteiger partial charge in [0.1, 0.15) is 16.5 Å². The van der Waals surface area contributed by atoms with Crippen LogP contribution >= 0.6 is 46.3 Å². The highest BCUT2D eigenvalue weighted by Gasteiger charge is 2.25. The molecule has 1 aliphatic rings. The molecule has 1 saturated heterocycles. The fraction of sp³-hybridized carbons (Fsp3) is 0.172. The highest BCUT2D eigenvalue weighted by Crippen LogP contribution is 2.34. The van der Waals surface area contributed by atoms with Crippen molar-refractivity contribution < 1.29 is 9.18 Å². The van der Waals surface area contributed by atoms with Crippen molar-refractivity contribution in [3.63, 3.8) is 0 Å². The van der Waals surface area contributed by atoms with Gasteiger partial charge < -0.3 is 9.80 Å². The van der Waals surface area contributed by atoms with Crippen LogP contribution in [-0.2, 0) is 5.75 Å². The normalized spacial score (nSPS) is 13.5. The van der Waals surface area contributed by atoms with Gasteiger partial charge in [0.05, 0.1) is 27.2 Å². The van der Waals surface area contributed by atoms with Crippen LogP contribution in [0.25, 0.3) is 17.1 Å². The van der Waals surface area contributed by atoms with Gasteiger partial charge in [-0.15, -0.1) is 21.5 Å². The average molecular weight is 626 g/mol. The summed E-state index contributed by atoms with van der Waals surface area (Å²) in [5.74, 6) is 0.382. The Morgan fingerprint density at radius 2 is 1.56 bits per heavy atom. The number of thiazole rings is 1. The standard InChI is InChI=1S/C29H23Cl2FN6OS2/c30-20-8-2-1-7-19(20)27-34-35-29(38(27)25-12-6-4-10-22(25)32)41-18-26-33-23(17-40-26)28(39)37-15-13-36(14-16-37)24-11-5-3-9-21(24)31/h1-12,17H,13-16,18H2. The number of anilines is 1. The zero-order chi connectivity index (χ0) is 28.3. The third kappa shape index (κ3) is 5.83. The van der Waals surface area contributed by atoms with Crippen molar-refractivity contribution in [2.75, 3.05) is 31.1 Å². The molecular formula is C29H23Cl2FN6OS2. The second kappa shape index (κ2) is 12.2. The van der Waals surface area contributed by atoms with E-state index in [2.05, 4.69) is 20.1 Å². The Balaban J connectivity index is 1.16. The van der Waals surface area contributed by atoms with Gasteiger partial charge in [-0.1, -0.05) is 71.4 Å². The maximum absolute atomic E-state index is 14.9. The Morgan fingerprint density at radius 1 is 0.878 bits per heavy atom. The number of carbonyl (C=O) groups is 1. The lowest BCUT2D eigenvalue weighted by Crippen LogP contribution is -2.49. The molecule has 5 aromatic rings. The smallest absolute Gasteiger partial charge is 0.273 e. The van der Waals surface area contributed by atoms with Gasteiger partial charge in [-0.2, -0.15) is 0 Å². The van der Waals surface area contributed by atoms with Crippen LogP contribution in [0.5, 0.6) is 0 Å². The van der Waals surface area contributed by atoms with Crippen LogP contribution in [0.15, 0.2) is 83.3 Å². The highest BCUT2D eigenvalue weighted by atomic mass is 35.5. The Labute approximate surface area is 254 Å². The minimum absolute atomic E-state index is 0.0909. The minimum atomic E-state index is -0.404.